The number of rotatable bonds is 5. The van der Waals surface area contributed by atoms with Gasteiger partial charge in [0.25, 0.3) is 0 Å². The molecule has 1 aliphatic carbocycles. The largest absolute Gasteiger partial charge is 0.491 e. The molecule has 26 heavy (non-hydrogen) atoms. The van der Waals surface area contributed by atoms with Crippen molar-refractivity contribution in [2.24, 2.45) is 0 Å². The van der Waals surface area contributed by atoms with E-state index in [1.807, 2.05) is 24.3 Å². The van der Waals surface area contributed by atoms with Crippen molar-refractivity contribution in [2.45, 2.75) is 18.6 Å². The molecule has 2 atom stereocenters. The molecule has 0 radical (unpaired) electrons. The first-order valence-electron chi connectivity index (χ1n) is 8.36. The quantitative estimate of drug-likeness (QED) is 0.504. The number of aliphatic hydroxyl groups is 3. The molecule has 6 nitrogen and oxygen atoms in total. The van der Waals surface area contributed by atoms with Crippen molar-refractivity contribution < 1.29 is 29.3 Å². The zero-order chi connectivity index (χ0) is 18.3. The highest BCUT2D eigenvalue weighted by Gasteiger charge is 2.29. The average molecular weight is 354 g/mol. The molecule has 3 aromatic rings. The maximum absolute atomic E-state index is 12.9. The van der Waals surface area contributed by atoms with E-state index in [0.29, 0.717) is 34.6 Å². The Kier molecular flexibility index (Phi) is 4.24. The van der Waals surface area contributed by atoms with Gasteiger partial charge in [-0.3, -0.25) is 4.79 Å². The highest BCUT2D eigenvalue weighted by atomic mass is 16.5. The van der Waals surface area contributed by atoms with Crippen molar-refractivity contribution in [2.75, 3.05) is 13.2 Å². The Morgan fingerprint density at radius 3 is 2.73 bits per heavy atom. The van der Waals surface area contributed by atoms with Crippen molar-refractivity contribution >= 4 is 16.8 Å². The number of furan rings is 1. The van der Waals surface area contributed by atoms with E-state index < -0.39 is 18.8 Å². The summed E-state index contributed by atoms with van der Waals surface area (Å²) in [5.41, 5.74) is 2.70. The van der Waals surface area contributed by atoms with Crippen LogP contribution in [0.1, 0.15) is 27.2 Å². The Hall–Kier alpha value is -2.67. The van der Waals surface area contributed by atoms with Gasteiger partial charge in [-0.15, -0.1) is 0 Å². The number of para-hydroxylation sites is 1. The molecule has 0 amide bonds. The van der Waals surface area contributed by atoms with Crippen LogP contribution in [0.2, 0.25) is 0 Å². The van der Waals surface area contributed by atoms with E-state index in [9.17, 15) is 15.0 Å². The third kappa shape index (κ3) is 2.78. The Bertz CT molecular complexity index is 974. The van der Waals surface area contributed by atoms with Crippen LogP contribution in [0.3, 0.4) is 0 Å². The minimum Gasteiger partial charge on any atom is -0.491 e. The molecular formula is C20H18O6. The number of benzene rings is 2. The normalized spacial score (nSPS) is 15.4. The number of carbonyl (C=O) groups is 1. The zero-order valence-electron chi connectivity index (χ0n) is 13.9. The second-order valence-electron chi connectivity index (χ2n) is 6.35. The van der Waals surface area contributed by atoms with Gasteiger partial charge in [0.15, 0.2) is 5.78 Å². The SMILES string of the molecule is O=C1c2ccc(OC[C@@H](O)[C@H](O)CO)cc2Cc2oc3ccccc3c21. The lowest BCUT2D eigenvalue weighted by molar-refractivity contribution is -0.0339. The van der Waals surface area contributed by atoms with Crippen LogP contribution in [0.4, 0.5) is 0 Å². The second kappa shape index (κ2) is 6.57. The molecule has 0 fully saturated rings. The Labute approximate surface area is 149 Å². The molecule has 0 spiro atoms. The second-order valence-corrected chi connectivity index (χ2v) is 6.35. The van der Waals surface area contributed by atoms with Gasteiger partial charge in [-0.05, 0) is 29.8 Å². The predicted octanol–water partition coefficient (Wildman–Crippen LogP) is 1.66. The fourth-order valence-corrected chi connectivity index (χ4v) is 3.22. The van der Waals surface area contributed by atoms with Crippen molar-refractivity contribution in [3.05, 3.63) is 64.9 Å². The smallest absolute Gasteiger partial charge is 0.197 e. The molecule has 0 saturated carbocycles. The molecule has 2 aromatic carbocycles. The molecule has 1 aromatic heterocycles. The summed E-state index contributed by atoms with van der Waals surface area (Å²) in [4.78, 5) is 12.9. The van der Waals surface area contributed by atoms with Crippen LogP contribution < -0.4 is 4.74 Å². The summed E-state index contributed by atoms with van der Waals surface area (Å²) in [6.45, 7) is -0.706. The van der Waals surface area contributed by atoms with Crippen LogP contribution in [0.25, 0.3) is 11.0 Å². The van der Waals surface area contributed by atoms with Crippen LogP contribution in [-0.4, -0.2) is 46.5 Å². The van der Waals surface area contributed by atoms with Crippen molar-refractivity contribution in [3.63, 3.8) is 0 Å². The maximum atomic E-state index is 12.9. The van der Waals surface area contributed by atoms with Crippen LogP contribution in [0.5, 0.6) is 5.75 Å². The third-order valence-corrected chi connectivity index (χ3v) is 4.62. The van der Waals surface area contributed by atoms with E-state index >= 15 is 0 Å². The van der Waals surface area contributed by atoms with Crippen LogP contribution in [0.15, 0.2) is 46.9 Å². The molecule has 0 unspecified atom stereocenters. The Balaban J connectivity index is 1.61. The van der Waals surface area contributed by atoms with Gasteiger partial charge in [-0.25, -0.2) is 0 Å². The van der Waals surface area contributed by atoms with E-state index in [4.69, 9.17) is 14.3 Å². The molecule has 4 rings (SSSR count). The number of hydrogen-bond donors (Lipinski definition) is 3. The first-order valence-corrected chi connectivity index (χ1v) is 8.36. The fourth-order valence-electron chi connectivity index (χ4n) is 3.22. The fraction of sp³-hybridized carbons (Fsp3) is 0.250. The lowest BCUT2D eigenvalue weighted by atomic mass is 9.88. The van der Waals surface area contributed by atoms with Gasteiger partial charge in [0.1, 0.15) is 35.9 Å². The lowest BCUT2D eigenvalue weighted by Crippen LogP contribution is -2.34. The van der Waals surface area contributed by atoms with Gasteiger partial charge in [-0.2, -0.15) is 0 Å². The third-order valence-electron chi connectivity index (χ3n) is 4.62. The number of fused-ring (bicyclic) bond motifs is 4. The number of aliphatic hydroxyl groups excluding tert-OH is 3. The lowest BCUT2D eigenvalue weighted by Gasteiger charge is -2.18. The van der Waals surface area contributed by atoms with Crippen LogP contribution in [0, 0.1) is 0 Å². The number of hydrogen-bond acceptors (Lipinski definition) is 6. The zero-order valence-corrected chi connectivity index (χ0v) is 13.9. The van der Waals surface area contributed by atoms with Gasteiger partial charge in [0.2, 0.25) is 0 Å². The summed E-state index contributed by atoms with van der Waals surface area (Å²) >= 11 is 0. The van der Waals surface area contributed by atoms with E-state index in [0.717, 1.165) is 10.9 Å². The highest BCUT2D eigenvalue weighted by Crippen LogP contribution is 2.35. The standard InChI is InChI=1S/C20H18O6/c21-9-15(22)16(23)10-25-12-5-6-13-11(7-12)8-18-19(20(13)24)14-3-1-2-4-17(14)26-18/h1-7,15-16,21-23H,8-10H2/t15-,16-/m1/s1. The molecule has 134 valence electrons. The molecule has 1 aliphatic rings. The van der Waals surface area contributed by atoms with Gasteiger partial charge >= 0.3 is 0 Å². The number of carbonyl (C=O) groups excluding carboxylic acids is 1. The number of ether oxygens (including phenoxy) is 1. The molecule has 3 N–H and O–H groups in total. The number of ketones is 1. The summed E-state index contributed by atoms with van der Waals surface area (Å²) in [7, 11) is 0. The molecule has 0 bridgehead atoms. The van der Waals surface area contributed by atoms with Gasteiger partial charge in [0.05, 0.1) is 12.2 Å². The molecule has 1 heterocycles. The summed E-state index contributed by atoms with van der Waals surface area (Å²) in [5, 5.41) is 28.7. The average Bonchev–Trinajstić information content (AvgIpc) is 3.03. The summed E-state index contributed by atoms with van der Waals surface area (Å²) < 4.78 is 11.3. The first-order chi connectivity index (χ1) is 12.6. The van der Waals surface area contributed by atoms with E-state index in [2.05, 4.69) is 0 Å². The summed E-state index contributed by atoms with van der Waals surface area (Å²) in [6.07, 6.45) is -1.98. The molecular weight excluding hydrogens is 336 g/mol. The maximum Gasteiger partial charge on any atom is 0.197 e. The Morgan fingerprint density at radius 1 is 1.12 bits per heavy atom. The molecule has 6 heteroatoms. The monoisotopic (exact) mass is 354 g/mol. The predicted molar refractivity (Wildman–Crippen MR) is 93.5 cm³/mol. The van der Waals surface area contributed by atoms with E-state index in [-0.39, 0.29) is 12.4 Å². The Morgan fingerprint density at radius 2 is 1.92 bits per heavy atom. The van der Waals surface area contributed by atoms with Gasteiger partial charge in [0, 0.05) is 17.4 Å². The molecule has 0 saturated heterocycles. The summed E-state index contributed by atoms with van der Waals surface area (Å²) in [6, 6.07) is 12.6. The van der Waals surface area contributed by atoms with Crippen LogP contribution in [-0.2, 0) is 6.42 Å². The highest BCUT2D eigenvalue weighted by molar-refractivity contribution is 6.18. The topological polar surface area (TPSA) is 100 Å². The van der Waals surface area contributed by atoms with E-state index in [1.165, 1.54) is 0 Å². The first kappa shape index (κ1) is 16.8. The van der Waals surface area contributed by atoms with E-state index in [1.54, 1.807) is 18.2 Å². The minimum atomic E-state index is -1.26. The summed E-state index contributed by atoms with van der Waals surface area (Å²) in [5.74, 6) is 1.03. The van der Waals surface area contributed by atoms with Crippen molar-refractivity contribution in [3.8, 4) is 5.75 Å². The van der Waals surface area contributed by atoms with Gasteiger partial charge in [-0.1, -0.05) is 18.2 Å². The van der Waals surface area contributed by atoms with Crippen molar-refractivity contribution in [1.82, 2.24) is 0 Å². The molecule has 0 aliphatic heterocycles. The van der Waals surface area contributed by atoms with Gasteiger partial charge < -0.3 is 24.5 Å². The van der Waals surface area contributed by atoms with Crippen LogP contribution >= 0.6 is 0 Å². The minimum absolute atomic E-state index is 0.0755. The van der Waals surface area contributed by atoms with Crippen molar-refractivity contribution in [1.29, 1.82) is 0 Å².